The maximum atomic E-state index is 12.3. The number of aromatic nitrogens is 3. The second kappa shape index (κ2) is 9.52. The molecule has 3 rings (SSSR count). The van der Waals surface area contributed by atoms with Gasteiger partial charge in [0.2, 0.25) is 5.91 Å². The molecule has 0 aliphatic heterocycles. The lowest BCUT2D eigenvalue weighted by molar-refractivity contribution is -0.113. The van der Waals surface area contributed by atoms with Crippen LogP contribution < -0.4 is 10.1 Å². The number of carbonyl (C=O) groups is 1. The van der Waals surface area contributed by atoms with E-state index in [0.717, 1.165) is 11.1 Å². The Kier molecular flexibility index (Phi) is 7.05. The first-order valence-corrected chi connectivity index (χ1v) is 10.5. The van der Waals surface area contributed by atoms with Crippen molar-refractivity contribution >= 4 is 46.6 Å². The summed E-state index contributed by atoms with van der Waals surface area (Å²) in [5.41, 5.74) is 2.48. The van der Waals surface area contributed by atoms with E-state index in [1.54, 1.807) is 18.2 Å². The molecule has 1 amide bonds. The largest absolute Gasteiger partial charge is 0.486 e. The molecule has 1 N–H and O–H groups in total. The number of benzene rings is 2. The number of thioether (sulfide) groups is 1. The molecular formula is C20H20Cl2N4O2S. The van der Waals surface area contributed by atoms with Crippen LogP contribution in [0.25, 0.3) is 0 Å². The molecule has 0 aliphatic rings. The molecule has 6 nitrogen and oxygen atoms in total. The van der Waals surface area contributed by atoms with Gasteiger partial charge in [-0.05, 0) is 55.3 Å². The van der Waals surface area contributed by atoms with Gasteiger partial charge in [0.05, 0.1) is 5.75 Å². The summed E-state index contributed by atoms with van der Waals surface area (Å²) in [4.78, 5) is 12.3. The predicted octanol–water partition coefficient (Wildman–Crippen LogP) is 5.05. The van der Waals surface area contributed by atoms with Gasteiger partial charge in [-0.25, -0.2) is 0 Å². The van der Waals surface area contributed by atoms with E-state index in [4.69, 9.17) is 27.9 Å². The number of hydrogen-bond acceptors (Lipinski definition) is 5. The highest BCUT2D eigenvalue weighted by Gasteiger charge is 2.13. The molecule has 2 aromatic carbocycles. The van der Waals surface area contributed by atoms with Gasteiger partial charge in [-0.15, -0.1) is 10.2 Å². The van der Waals surface area contributed by atoms with Crippen LogP contribution in [-0.2, 0) is 18.4 Å². The number of amides is 1. The summed E-state index contributed by atoms with van der Waals surface area (Å²) in [5, 5.41) is 13.1. The number of hydrogen-bond donors (Lipinski definition) is 1. The second-order valence-corrected chi connectivity index (χ2v) is 8.16. The van der Waals surface area contributed by atoms with Crippen LogP contribution in [0.15, 0.2) is 41.6 Å². The first kappa shape index (κ1) is 21.5. The minimum atomic E-state index is -0.141. The van der Waals surface area contributed by atoms with Crippen LogP contribution in [0.3, 0.4) is 0 Å². The van der Waals surface area contributed by atoms with Crippen LogP contribution in [0.4, 0.5) is 5.69 Å². The Labute approximate surface area is 183 Å². The average Bonchev–Trinajstić information content (AvgIpc) is 3.04. The summed E-state index contributed by atoms with van der Waals surface area (Å²) in [7, 11) is 1.84. The Morgan fingerprint density at radius 1 is 1.17 bits per heavy atom. The third-order valence-corrected chi connectivity index (χ3v) is 6.15. The van der Waals surface area contributed by atoms with E-state index in [9.17, 15) is 4.79 Å². The van der Waals surface area contributed by atoms with Gasteiger partial charge < -0.3 is 14.6 Å². The van der Waals surface area contributed by atoms with Gasteiger partial charge >= 0.3 is 0 Å². The topological polar surface area (TPSA) is 69.0 Å². The van der Waals surface area contributed by atoms with Crippen molar-refractivity contribution < 1.29 is 9.53 Å². The number of ether oxygens (including phenoxy) is 1. The van der Waals surface area contributed by atoms with E-state index in [1.165, 1.54) is 11.8 Å². The number of carbonyl (C=O) groups excluding carboxylic acids is 1. The van der Waals surface area contributed by atoms with Gasteiger partial charge in [0.1, 0.15) is 12.4 Å². The number of nitrogens with zero attached hydrogens (tertiary/aromatic N) is 3. The molecule has 9 heteroatoms. The molecule has 0 atom stereocenters. The van der Waals surface area contributed by atoms with Crippen molar-refractivity contribution in [1.82, 2.24) is 14.8 Å². The first-order chi connectivity index (χ1) is 13.8. The molecular weight excluding hydrogens is 431 g/mol. The first-order valence-electron chi connectivity index (χ1n) is 8.80. The fraction of sp³-hybridized carbons (Fsp3) is 0.250. The highest BCUT2D eigenvalue weighted by molar-refractivity contribution is 7.99. The number of halogens is 2. The zero-order valence-corrected chi connectivity index (χ0v) is 18.5. The van der Waals surface area contributed by atoms with E-state index in [1.807, 2.05) is 43.7 Å². The molecule has 0 bridgehead atoms. The normalized spacial score (nSPS) is 10.8. The number of anilines is 1. The van der Waals surface area contributed by atoms with Crippen molar-refractivity contribution in [3.8, 4) is 5.75 Å². The average molecular weight is 451 g/mol. The number of aryl methyl sites for hydroxylation is 1. The zero-order valence-electron chi connectivity index (χ0n) is 16.2. The smallest absolute Gasteiger partial charge is 0.234 e. The van der Waals surface area contributed by atoms with Gasteiger partial charge in [0, 0.05) is 22.8 Å². The summed E-state index contributed by atoms with van der Waals surface area (Å²) in [5.74, 6) is 1.43. The van der Waals surface area contributed by atoms with Gasteiger partial charge in [-0.3, -0.25) is 4.79 Å². The molecule has 0 saturated carbocycles. The van der Waals surface area contributed by atoms with Crippen LogP contribution in [0.1, 0.15) is 17.0 Å². The lowest BCUT2D eigenvalue weighted by Gasteiger charge is -2.09. The Hall–Kier alpha value is -2.22. The van der Waals surface area contributed by atoms with Crippen LogP contribution in [0.2, 0.25) is 10.0 Å². The molecule has 0 aliphatic carbocycles. The van der Waals surface area contributed by atoms with Crippen molar-refractivity contribution in [1.29, 1.82) is 0 Å². The summed E-state index contributed by atoms with van der Waals surface area (Å²) in [6.45, 7) is 4.05. The molecule has 0 fully saturated rings. The minimum absolute atomic E-state index is 0.141. The lowest BCUT2D eigenvalue weighted by atomic mass is 10.2. The molecule has 3 aromatic rings. The van der Waals surface area contributed by atoms with Crippen LogP contribution in [-0.4, -0.2) is 26.4 Å². The summed E-state index contributed by atoms with van der Waals surface area (Å²) >= 11 is 13.4. The molecule has 1 aromatic heterocycles. The maximum Gasteiger partial charge on any atom is 0.234 e. The van der Waals surface area contributed by atoms with E-state index >= 15 is 0 Å². The van der Waals surface area contributed by atoms with Crippen molar-refractivity contribution in [2.24, 2.45) is 7.05 Å². The van der Waals surface area contributed by atoms with E-state index in [0.29, 0.717) is 32.5 Å². The standard InChI is InChI=1S/C20H20Cl2N4O2S/c1-12-9-14(7-8-15(12)21)28-10-18-24-25-20(26(18)3)29-11-19(27)23-17-6-4-5-16(22)13(17)2/h4-9H,10-11H2,1-3H3,(H,23,27). The van der Waals surface area contributed by atoms with Crippen LogP contribution in [0.5, 0.6) is 5.75 Å². The Balaban J connectivity index is 1.55. The van der Waals surface area contributed by atoms with Crippen molar-refractivity contribution in [3.05, 3.63) is 63.4 Å². The van der Waals surface area contributed by atoms with Crippen molar-refractivity contribution in [2.75, 3.05) is 11.1 Å². The Bertz CT molecular complexity index is 1040. The third kappa shape index (κ3) is 5.44. The van der Waals surface area contributed by atoms with Crippen molar-refractivity contribution in [2.45, 2.75) is 25.6 Å². The summed E-state index contributed by atoms with van der Waals surface area (Å²) < 4.78 is 7.58. The minimum Gasteiger partial charge on any atom is -0.486 e. The van der Waals surface area contributed by atoms with Gasteiger partial charge in [-0.2, -0.15) is 0 Å². The van der Waals surface area contributed by atoms with E-state index in [2.05, 4.69) is 15.5 Å². The van der Waals surface area contributed by atoms with Gasteiger partial charge in [0.15, 0.2) is 11.0 Å². The summed E-state index contributed by atoms with van der Waals surface area (Å²) in [6, 6.07) is 10.9. The van der Waals surface area contributed by atoms with Crippen LogP contribution >= 0.6 is 35.0 Å². The highest BCUT2D eigenvalue weighted by Crippen LogP contribution is 2.24. The lowest BCUT2D eigenvalue weighted by Crippen LogP contribution is -2.15. The quantitative estimate of drug-likeness (QED) is 0.510. The Morgan fingerprint density at radius 2 is 1.97 bits per heavy atom. The fourth-order valence-electron chi connectivity index (χ4n) is 2.51. The van der Waals surface area contributed by atoms with Crippen molar-refractivity contribution in [3.63, 3.8) is 0 Å². The van der Waals surface area contributed by atoms with E-state index in [-0.39, 0.29) is 18.3 Å². The van der Waals surface area contributed by atoms with Gasteiger partial charge in [-0.1, -0.05) is 41.0 Å². The van der Waals surface area contributed by atoms with Gasteiger partial charge in [0.25, 0.3) is 0 Å². The molecule has 1 heterocycles. The monoisotopic (exact) mass is 450 g/mol. The highest BCUT2D eigenvalue weighted by atomic mass is 35.5. The zero-order chi connectivity index (χ0) is 21.0. The SMILES string of the molecule is Cc1cc(OCc2nnc(SCC(=O)Nc3cccc(Cl)c3C)n2C)ccc1Cl. The van der Waals surface area contributed by atoms with Crippen LogP contribution in [0, 0.1) is 13.8 Å². The number of nitrogens with one attached hydrogen (secondary N) is 1. The Morgan fingerprint density at radius 3 is 2.72 bits per heavy atom. The fourth-order valence-corrected chi connectivity index (χ4v) is 3.53. The van der Waals surface area contributed by atoms with E-state index < -0.39 is 0 Å². The molecule has 152 valence electrons. The molecule has 0 saturated heterocycles. The second-order valence-electron chi connectivity index (χ2n) is 6.41. The predicted molar refractivity (Wildman–Crippen MR) is 117 cm³/mol. The molecule has 0 spiro atoms. The number of rotatable bonds is 7. The molecule has 0 unspecified atom stereocenters. The summed E-state index contributed by atoms with van der Waals surface area (Å²) in [6.07, 6.45) is 0. The molecule has 29 heavy (non-hydrogen) atoms. The third-order valence-electron chi connectivity index (χ3n) is 4.30. The molecule has 0 radical (unpaired) electrons. The maximum absolute atomic E-state index is 12.3.